The number of amides is 1. The van der Waals surface area contributed by atoms with Crippen LogP contribution in [0.3, 0.4) is 0 Å². The summed E-state index contributed by atoms with van der Waals surface area (Å²) in [5, 5.41) is 12.8. The fourth-order valence-corrected chi connectivity index (χ4v) is 1.77. The molecule has 94 valence electrons. The number of aliphatic hydroxyl groups excluding tert-OH is 1. The van der Waals surface area contributed by atoms with Gasteiger partial charge in [-0.1, -0.05) is 37.1 Å². The van der Waals surface area contributed by atoms with E-state index in [2.05, 4.69) is 5.32 Å². The highest BCUT2D eigenvalue weighted by molar-refractivity contribution is 6.30. The second-order valence-corrected chi connectivity index (χ2v) is 4.49. The van der Waals surface area contributed by atoms with Crippen LogP contribution in [-0.2, 0) is 11.2 Å². The van der Waals surface area contributed by atoms with E-state index in [1.165, 1.54) is 0 Å². The molecule has 0 aliphatic rings. The first kappa shape index (κ1) is 14.0. The fourth-order valence-electron chi connectivity index (χ4n) is 1.56. The van der Waals surface area contributed by atoms with Gasteiger partial charge in [0, 0.05) is 11.6 Å². The van der Waals surface area contributed by atoms with Gasteiger partial charge in [0.1, 0.15) is 0 Å². The maximum absolute atomic E-state index is 11.6. The minimum atomic E-state index is -0.455. The van der Waals surface area contributed by atoms with Gasteiger partial charge in [0.05, 0.1) is 12.5 Å². The van der Waals surface area contributed by atoms with Crippen LogP contribution in [-0.4, -0.2) is 23.7 Å². The van der Waals surface area contributed by atoms with Crippen molar-refractivity contribution in [3.8, 4) is 0 Å². The third kappa shape index (κ3) is 5.71. The van der Waals surface area contributed by atoms with Crippen molar-refractivity contribution < 1.29 is 9.90 Å². The zero-order chi connectivity index (χ0) is 12.7. The molecule has 1 atom stereocenters. The summed E-state index contributed by atoms with van der Waals surface area (Å²) >= 11 is 5.83. The molecule has 0 saturated heterocycles. The number of nitrogens with one attached hydrogen (secondary N) is 1. The van der Waals surface area contributed by atoms with Crippen molar-refractivity contribution in [3.63, 3.8) is 0 Å². The molecule has 4 heteroatoms. The van der Waals surface area contributed by atoms with E-state index in [9.17, 15) is 9.90 Å². The van der Waals surface area contributed by atoms with Crippen molar-refractivity contribution in [1.29, 1.82) is 0 Å². The van der Waals surface area contributed by atoms with Crippen LogP contribution in [0.4, 0.5) is 0 Å². The van der Waals surface area contributed by atoms with Crippen LogP contribution >= 0.6 is 11.6 Å². The van der Waals surface area contributed by atoms with Crippen molar-refractivity contribution in [2.75, 3.05) is 6.54 Å². The summed E-state index contributed by atoms with van der Waals surface area (Å²) in [5.41, 5.74) is 0.875. The first-order valence-electron chi connectivity index (χ1n) is 5.81. The summed E-state index contributed by atoms with van der Waals surface area (Å²) in [4.78, 5) is 11.6. The lowest BCUT2D eigenvalue weighted by molar-refractivity contribution is -0.120. The highest BCUT2D eigenvalue weighted by atomic mass is 35.5. The highest BCUT2D eigenvalue weighted by Crippen LogP contribution is 2.10. The standard InChI is InChI=1S/C13H18ClNO2/c1-2-4-12(16)9-15-13(17)8-10-5-3-6-11(14)7-10/h3,5-7,12,16H,2,4,8-9H2,1H3,(H,15,17). The van der Waals surface area contributed by atoms with Crippen molar-refractivity contribution in [2.24, 2.45) is 0 Å². The van der Waals surface area contributed by atoms with Gasteiger partial charge in [0.25, 0.3) is 0 Å². The van der Waals surface area contributed by atoms with Crippen LogP contribution in [0.1, 0.15) is 25.3 Å². The second-order valence-electron chi connectivity index (χ2n) is 4.05. The zero-order valence-electron chi connectivity index (χ0n) is 9.95. The topological polar surface area (TPSA) is 49.3 Å². The normalized spacial score (nSPS) is 12.2. The Kier molecular flexibility index (Phi) is 6.01. The Morgan fingerprint density at radius 2 is 2.29 bits per heavy atom. The van der Waals surface area contributed by atoms with Crippen molar-refractivity contribution in [3.05, 3.63) is 34.9 Å². The molecule has 2 N–H and O–H groups in total. The number of hydrogen-bond acceptors (Lipinski definition) is 2. The third-order valence-electron chi connectivity index (χ3n) is 2.41. The second kappa shape index (κ2) is 7.30. The lowest BCUT2D eigenvalue weighted by Gasteiger charge is -2.10. The molecule has 0 fully saturated rings. The summed E-state index contributed by atoms with van der Waals surface area (Å²) in [5.74, 6) is -0.0950. The van der Waals surface area contributed by atoms with Crippen molar-refractivity contribution in [2.45, 2.75) is 32.3 Å². The van der Waals surface area contributed by atoms with E-state index in [-0.39, 0.29) is 5.91 Å². The number of rotatable bonds is 6. The summed E-state index contributed by atoms with van der Waals surface area (Å²) in [6.07, 6.45) is 1.45. The summed E-state index contributed by atoms with van der Waals surface area (Å²) in [7, 11) is 0. The average Bonchev–Trinajstić information content (AvgIpc) is 2.27. The van der Waals surface area contributed by atoms with E-state index in [1.54, 1.807) is 12.1 Å². The van der Waals surface area contributed by atoms with Crippen LogP contribution < -0.4 is 5.32 Å². The number of carbonyl (C=O) groups excluding carboxylic acids is 1. The Morgan fingerprint density at radius 3 is 2.94 bits per heavy atom. The monoisotopic (exact) mass is 255 g/mol. The van der Waals surface area contributed by atoms with Gasteiger partial charge in [-0.2, -0.15) is 0 Å². The fraction of sp³-hybridized carbons (Fsp3) is 0.462. The van der Waals surface area contributed by atoms with Gasteiger partial charge in [-0.3, -0.25) is 4.79 Å². The summed E-state index contributed by atoms with van der Waals surface area (Å²) in [6.45, 7) is 2.31. The highest BCUT2D eigenvalue weighted by Gasteiger charge is 2.07. The van der Waals surface area contributed by atoms with Gasteiger partial charge in [-0.15, -0.1) is 0 Å². The molecular weight excluding hydrogens is 238 g/mol. The van der Waals surface area contributed by atoms with E-state index >= 15 is 0 Å². The number of hydrogen-bond donors (Lipinski definition) is 2. The molecule has 3 nitrogen and oxygen atoms in total. The molecule has 0 heterocycles. The van der Waals surface area contributed by atoms with Crippen LogP contribution in [0.25, 0.3) is 0 Å². The minimum absolute atomic E-state index is 0.0950. The van der Waals surface area contributed by atoms with Crippen molar-refractivity contribution >= 4 is 17.5 Å². The van der Waals surface area contributed by atoms with E-state index in [0.717, 1.165) is 12.0 Å². The van der Waals surface area contributed by atoms with Crippen LogP contribution in [0.2, 0.25) is 5.02 Å². The smallest absolute Gasteiger partial charge is 0.224 e. The molecule has 1 rings (SSSR count). The number of aliphatic hydroxyl groups is 1. The van der Waals surface area contributed by atoms with E-state index in [1.807, 2.05) is 19.1 Å². The van der Waals surface area contributed by atoms with Gasteiger partial charge in [-0.05, 0) is 24.1 Å². The minimum Gasteiger partial charge on any atom is -0.391 e. The van der Waals surface area contributed by atoms with Crippen molar-refractivity contribution in [1.82, 2.24) is 5.32 Å². The molecule has 0 aliphatic carbocycles. The SMILES string of the molecule is CCCC(O)CNC(=O)Cc1cccc(Cl)c1. The first-order chi connectivity index (χ1) is 8.11. The Balaban J connectivity index is 2.34. The molecule has 0 spiro atoms. The maximum atomic E-state index is 11.6. The van der Waals surface area contributed by atoms with Gasteiger partial charge in [0.2, 0.25) is 5.91 Å². The molecule has 1 aromatic rings. The molecular formula is C13H18ClNO2. The lowest BCUT2D eigenvalue weighted by Crippen LogP contribution is -2.33. The quantitative estimate of drug-likeness (QED) is 0.819. The predicted octanol–water partition coefficient (Wildman–Crippen LogP) is 2.16. The molecule has 1 amide bonds. The van der Waals surface area contributed by atoms with Gasteiger partial charge in [-0.25, -0.2) is 0 Å². The van der Waals surface area contributed by atoms with E-state index < -0.39 is 6.10 Å². The first-order valence-corrected chi connectivity index (χ1v) is 6.18. The molecule has 17 heavy (non-hydrogen) atoms. The Hall–Kier alpha value is -1.06. The molecule has 1 unspecified atom stereocenters. The Labute approximate surface area is 107 Å². The molecule has 0 aromatic heterocycles. The van der Waals surface area contributed by atoms with Gasteiger partial charge >= 0.3 is 0 Å². The van der Waals surface area contributed by atoms with Gasteiger partial charge in [0.15, 0.2) is 0 Å². The molecule has 1 aromatic carbocycles. The molecule has 0 radical (unpaired) electrons. The Morgan fingerprint density at radius 1 is 1.53 bits per heavy atom. The molecule has 0 bridgehead atoms. The summed E-state index contributed by atoms with van der Waals surface area (Å²) in [6, 6.07) is 7.21. The van der Waals surface area contributed by atoms with E-state index in [4.69, 9.17) is 11.6 Å². The largest absolute Gasteiger partial charge is 0.391 e. The number of benzene rings is 1. The van der Waals surface area contributed by atoms with E-state index in [0.29, 0.717) is 24.4 Å². The summed E-state index contributed by atoms with van der Waals surface area (Å²) < 4.78 is 0. The third-order valence-corrected chi connectivity index (χ3v) is 2.65. The molecule has 0 aliphatic heterocycles. The van der Waals surface area contributed by atoms with Crippen LogP contribution in [0.15, 0.2) is 24.3 Å². The van der Waals surface area contributed by atoms with Gasteiger partial charge < -0.3 is 10.4 Å². The predicted molar refractivity (Wildman–Crippen MR) is 69.1 cm³/mol. The lowest BCUT2D eigenvalue weighted by atomic mass is 10.1. The van der Waals surface area contributed by atoms with Crippen LogP contribution in [0, 0.1) is 0 Å². The van der Waals surface area contributed by atoms with Crippen LogP contribution in [0.5, 0.6) is 0 Å². The number of halogens is 1. The zero-order valence-corrected chi connectivity index (χ0v) is 10.7. The Bertz CT molecular complexity index is 368. The molecule has 0 saturated carbocycles. The maximum Gasteiger partial charge on any atom is 0.224 e. The number of carbonyl (C=O) groups is 1. The average molecular weight is 256 g/mol.